The minimum atomic E-state index is -0.390. The molecule has 0 aliphatic carbocycles. The number of carbonyl (C=O) groups excluding carboxylic acids is 2. The van der Waals surface area contributed by atoms with Gasteiger partial charge in [-0.25, -0.2) is 0 Å². The Hall–Kier alpha value is -1.10. The first-order valence-electron chi connectivity index (χ1n) is 7.61. The van der Waals surface area contributed by atoms with Crippen LogP contribution in [0.3, 0.4) is 0 Å². The Labute approximate surface area is 122 Å². The molecule has 0 spiro atoms. The van der Waals surface area contributed by atoms with E-state index in [4.69, 9.17) is 0 Å². The molecule has 0 radical (unpaired) electrons. The molecule has 2 N–H and O–H groups in total. The van der Waals surface area contributed by atoms with Gasteiger partial charge >= 0.3 is 0 Å². The Morgan fingerprint density at radius 3 is 2.35 bits per heavy atom. The highest BCUT2D eigenvalue weighted by atomic mass is 16.2. The van der Waals surface area contributed by atoms with Gasteiger partial charge in [0.15, 0.2) is 0 Å². The van der Waals surface area contributed by atoms with Crippen molar-refractivity contribution < 1.29 is 9.59 Å². The van der Waals surface area contributed by atoms with Crippen LogP contribution < -0.4 is 10.6 Å². The molecule has 0 aromatic rings. The van der Waals surface area contributed by atoms with Crippen LogP contribution in [-0.4, -0.2) is 49.9 Å². The molecular formula is C15H29N3O2. The molecule has 0 saturated carbocycles. The van der Waals surface area contributed by atoms with Gasteiger partial charge in [0.25, 0.3) is 0 Å². The fourth-order valence-corrected chi connectivity index (χ4v) is 2.61. The quantitative estimate of drug-likeness (QED) is 0.764. The molecule has 1 rings (SSSR count). The van der Waals surface area contributed by atoms with Gasteiger partial charge in [-0.15, -0.1) is 0 Å². The second-order valence-electron chi connectivity index (χ2n) is 6.38. The van der Waals surface area contributed by atoms with Crippen molar-refractivity contribution in [3.63, 3.8) is 0 Å². The summed E-state index contributed by atoms with van der Waals surface area (Å²) in [6.45, 7) is 6.11. The maximum absolute atomic E-state index is 12.1. The van der Waals surface area contributed by atoms with E-state index in [9.17, 15) is 9.59 Å². The van der Waals surface area contributed by atoms with E-state index in [-0.39, 0.29) is 17.9 Å². The number of hydrogen-bond acceptors (Lipinski definition) is 3. The van der Waals surface area contributed by atoms with Crippen molar-refractivity contribution in [2.75, 3.05) is 27.2 Å². The highest BCUT2D eigenvalue weighted by Crippen LogP contribution is 2.16. The lowest BCUT2D eigenvalue weighted by Gasteiger charge is -2.25. The lowest BCUT2D eigenvalue weighted by atomic mass is 9.94. The van der Waals surface area contributed by atoms with Gasteiger partial charge in [-0.05, 0) is 44.2 Å². The first kappa shape index (κ1) is 17.0. The zero-order valence-electron chi connectivity index (χ0n) is 13.2. The highest BCUT2D eigenvalue weighted by molar-refractivity contribution is 5.87. The fraction of sp³-hybridized carbons (Fsp3) is 0.867. The maximum atomic E-state index is 12.1. The normalized spacial score (nSPS) is 17.9. The zero-order chi connectivity index (χ0) is 15.1. The van der Waals surface area contributed by atoms with Gasteiger partial charge in [0.1, 0.15) is 6.04 Å². The average molecular weight is 283 g/mol. The van der Waals surface area contributed by atoms with Crippen molar-refractivity contribution in [1.29, 1.82) is 0 Å². The van der Waals surface area contributed by atoms with E-state index in [0.29, 0.717) is 24.7 Å². The van der Waals surface area contributed by atoms with Crippen molar-refractivity contribution >= 4 is 11.8 Å². The maximum Gasteiger partial charge on any atom is 0.244 e. The molecule has 1 heterocycles. The van der Waals surface area contributed by atoms with Crippen LogP contribution in [0.4, 0.5) is 0 Å². The molecule has 5 nitrogen and oxygen atoms in total. The summed E-state index contributed by atoms with van der Waals surface area (Å²) in [5.41, 5.74) is 0. The number of nitrogens with zero attached hydrogens (tertiary/aromatic N) is 1. The second kappa shape index (κ2) is 8.25. The van der Waals surface area contributed by atoms with Crippen LogP contribution >= 0.6 is 0 Å². The van der Waals surface area contributed by atoms with Crippen molar-refractivity contribution in [3.05, 3.63) is 0 Å². The minimum absolute atomic E-state index is 0.0118. The summed E-state index contributed by atoms with van der Waals surface area (Å²) in [6, 6.07) is -0.390. The molecule has 1 aliphatic heterocycles. The largest absolute Gasteiger partial charge is 0.347 e. The molecule has 1 fully saturated rings. The van der Waals surface area contributed by atoms with Crippen molar-refractivity contribution in [2.45, 2.75) is 45.6 Å². The molecule has 2 amide bonds. The number of nitrogens with one attached hydrogen (secondary N) is 2. The molecule has 1 atom stereocenters. The summed E-state index contributed by atoms with van der Waals surface area (Å²) >= 11 is 0. The monoisotopic (exact) mass is 283 g/mol. The van der Waals surface area contributed by atoms with E-state index in [1.807, 2.05) is 0 Å². The third-order valence-corrected chi connectivity index (χ3v) is 3.71. The number of carbonyl (C=O) groups is 2. The Balaban J connectivity index is 2.50. The third-order valence-electron chi connectivity index (χ3n) is 3.71. The standard InChI is InChI=1S/C15H29N3O2/c1-11(2)9-13(15(20)18(3)4)17-14(19)10-12-5-7-16-8-6-12/h11-13,16H,5-10H2,1-4H3,(H,17,19). The molecule has 0 aromatic heterocycles. The van der Waals surface area contributed by atoms with E-state index >= 15 is 0 Å². The number of hydrogen-bond donors (Lipinski definition) is 2. The number of amides is 2. The van der Waals surface area contributed by atoms with Crippen LogP contribution in [0, 0.1) is 11.8 Å². The topological polar surface area (TPSA) is 61.4 Å². The van der Waals surface area contributed by atoms with Gasteiger partial charge in [0, 0.05) is 20.5 Å². The molecule has 1 aliphatic rings. The van der Waals surface area contributed by atoms with Gasteiger partial charge in [0.2, 0.25) is 11.8 Å². The van der Waals surface area contributed by atoms with Crippen LogP contribution in [0.5, 0.6) is 0 Å². The van der Waals surface area contributed by atoms with Gasteiger partial charge in [0.05, 0.1) is 0 Å². The Kier molecular flexibility index (Phi) is 6.99. The smallest absolute Gasteiger partial charge is 0.244 e. The average Bonchev–Trinajstić information content (AvgIpc) is 2.37. The molecule has 1 saturated heterocycles. The predicted octanol–water partition coefficient (Wildman–Crippen LogP) is 0.995. The number of rotatable bonds is 6. The Morgan fingerprint density at radius 2 is 1.85 bits per heavy atom. The highest BCUT2D eigenvalue weighted by Gasteiger charge is 2.25. The van der Waals surface area contributed by atoms with Crippen molar-refractivity contribution in [2.24, 2.45) is 11.8 Å². The Bertz CT molecular complexity index is 323. The number of likely N-dealkylation sites (N-methyl/N-ethyl adjacent to an activating group) is 1. The molecule has 1 unspecified atom stereocenters. The van der Waals surface area contributed by atoms with Crippen LogP contribution in [0.15, 0.2) is 0 Å². The van der Waals surface area contributed by atoms with Crippen molar-refractivity contribution in [3.8, 4) is 0 Å². The van der Waals surface area contributed by atoms with E-state index in [1.165, 1.54) is 0 Å². The van der Waals surface area contributed by atoms with Gasteiger partial charge in [-0.1, -0.05) is 13.8 Å². The summed E-state index contributed by atoms with van der Waals surface area (Å²) in [5, 5.41) is 6.22. The summed E-state index contributed by atoms with van der Waals surface area (Å²) in [4.78, 5) is 25.8. The van der Waals surface area contributed by atoms with Gasteiger partial charge in [-0.3, -0.25) is 9.59 Å². The first-order chi connectivity index (χ1) is 9.40. The molecule has 0 bridgehead atoms. The van der Waals surface area contributed by atoms with Crippen LogP contribution in [0.1, 0.15) is 39.5 Å². The van der Waals surface area contributed by atoms with Gasteiger partial charge < -0.3 is 15.5 Å². The lowest BCUT2D eigenvalue weighted by Crippen LogP contribution is -2.47. The minimum Gasteiger partial charge on any atom is -0.347 e. The molecule has 5 heteroatoms. The first-order valence-corrected chi connectivity index (χ1v) is 7.61. The summed E-state index contributed by atoms with van der Waals surface area (Å²) < 4.78 is 0. The van der Waals surface area contributed by atoms with E-state index < -0.39 is 0 Å². The summed E-state index contributed by atoms with van der Waals surface area (Å²) in [6.07, 6.45) is 3.32. The Morgan fingerprint density at radius 1 is 1.25 bits per heavy atom. The zero-order valence-corrected chi connectivity index (χ0v) is 13.2. The van der Waals surface area contributed by atoms with Crippen LogP contribution in [0.25, 0.3) is 0 Å². The summed E-state index contributed by atoms with van der Waals surface area (Å²) in [7, 11) is 3.46. The SMILES string of the molecule is CC(C)CC(NC(=O)CC1CCNCC1)C(=O)N(C)C. The molecule has 0 aromatic carbocycles. The predicted molar refractivity (Wildman–Crippen MR) is 80.3 cm³/mol. The van der Waals surface area contributed by atoms with E-state index in [0.717, 1.165) is 25.9 Å². The molecule has 116 valence electrons. The van der Waals surface area contributed by atoms with E-state index in [1.54, 1.807) is 19.0 Å². The van der Waals surface area contributed by atoms with Gasteiger partial charge in [-0.2, -0.15) is 0 Å². The fourth-order valence-electron chi connectivity index (χ4n) is 2.61. The number of piperidine rings is 1. The summed E-state index contributed by atoms with van der Waals surface area (Å²) in [5.74, 6) is 0.823. The van der Waals surface area contributed by atoms with Crippen LogP contribution in [0.2, 0.25) is 0 Å². The second-order valence-corrected chi connectivity index (χ2v) is 6.38. The van der Waals surface area contributed by atoms with Crippen molar-refractivity contribution in [1.82, 2.24) is 15.5 Å². The lowest BCUT2D eigenvalue weighted by molar-refractivity contribution is -0.135. The third kappa shape index (κ3) is 5.90. The van der Waals surface area contributed by atoms with E-state index in [2.05, 4.69) is 24.5 Å². The van der Waals surface area contributed by atoms with Crippen LogP contribution in [-0.2, 0) is 9.59 Å². The molecular weight excluding hydrogens is 254 g/mol. The molecule has 20 heavy (non-hydrogen) atoms.